The van der Waals surface area contributed by atoms with Crippen LogP contribution in [0.1, 0.15) is 18.4 Å². The number of likely N-dealkylation sites (tertiary alicyclic amines) is 1. The summed E-state index contributed by atoms with van der Waals surface area (Å²) in [7, 11) is 0. The predicted octanol–water partition coefficient (Wildman–Crippen LogP) is 3.81. The molecule has 1 aliphatic heterocycles. The first-order valence-electron chi connectivity index (χ1n) is 8.73. The lowest BCUT2D eigenvalue weighted by Gasteiger charge is -2.33. The van der Waals surface area contributed by atoms with Crippen molar-refractivity contribution in [1.82, 2.24) is 14.9 Å². The number of rotatable bonds is 5. The third kappa shape index (κ3) is 4.06. The second-order valence-electron chi connectivity index (χ2n) is 6.50. The van der Waals surface area contributed by atoms with Crippen LogP contribution >= 0.6 is 0 Å². The minimum Gasteiger partial charge on any atom is -0.444 e. The highest BCUT2D eigenvalue weighted by atomic mass is 16.3. The molecule has 4 rings (SSSR count). The van der Waals surface area contributed by atoms with Gasteiger partial charge >= 0.3 is 0 Å². The number of hydrogen-bond acceptors (Lipinski definition) is 5. The number of pyridine rings is 1. The van der Waals surface area contributed by atoms with Gasteiger partial charge in [0, 0.05) is 49.3 Å². The SMILES string of the molecule is c1cc(NC2CCN(Cc3ccncc3)CC2)cc(-c2cnco2)c1. The first kappa shape index (κ1) is 15.8. The topological polar surface area (TPSA) is 54.2 Å². The van der Waals surface area contributed by atoms with Crippen molar-refractivity contribution in [3.05, 3.63) is 66.9 Å². The zero-order valence-electron chi connectivity index (χ0n) is 14.1. The molecule has 0 unspecified atom stereocenters. The van der Waals surface area contributed by atoms with E-state index in [1.165, 1.54) is 12.0 Å². The molecule has 5 heteroatoms. The molecule has 128 valence electrons. The summed E-state index contributed by atoms with van der Waals surface area (Å²) in [5.74, 6) is 0.802. The second-order valence-corrected chi connectivity index (χ2v) is 6.50. The molecule has 1 aromatic carbocycles. The highest BCUT2D eigenvalue weighted by Gasteiger charge is 2.19. The van der Waals surface area contributed by atoms with Crippen molar-refractivity contribution in [2.75, 3.05) is 18.4 Å². The molecule has 0 saturated carbocycles. The Bertz CT molecular complexity index is 780. The van der Waals surface area contributed by atoms with Gasteiger partial charge in [0.1, 0.15) is 0 Å². The summed E-state index contributed by atoms with van der Waals surface area (Å²) in [6.45, 7) is 3.24. The summed E-state index contributed by atoms with van der Waals surface area (Å²) in [5, 5.41) is 3.67. The molecule has 25 heavy (non-hydrogen) atoms. The largest absolute Gasteiger partial charge is 0.444 e. The number of aromatic nitrogens is 2. The van der Waals surface area contributed by atoms with E-state index in [4.69, 9.17) is 4.42 Å². The summed E-state index contributed by atoms with van der Waals surface area (Å²) in [4.78, 5) is 10.6. The van der Waals surface area contributed by atoms with E-state index in [2.05, 4.69) is 50.5 Å². The third-order valence-corrected chi connectivity index (χ3v) is 4.69. The van der Waals surface area contributed by atoms with Crippen molar-refractivity contribution in [1.29, 1.82) is 0 Å². The maximum atomic E-state index is 5.39. The molecule has 2 aromatic heterocycles. The van der Waals surface area contributed by atoms with Gasteiger partial charge in [-0.05, 0) is 42.7 Å². The summed E-state index contributed by atoms with van der Waals surface area (Å²) < 4.78 is 5.39. The van der Waals surface area contributed by atoms with Crippen LogP contribution in [0.25, 0.3) is 11.3 Å². The molecular weight excluding hydrogens is 312 g/mol. The molecule has 0 atom stereocenters. The van der Waals surface area contributed by atoms with E-state index >= 15 is 0 Å². The fraction of sp³-hybridized carbons (Fsp3) is 0.300. The lowest BCUT2D eigenvalue weighted by atomic mass is 10.0. The zero-order valence-corrected chi connectivity index (χ0v) is 14.1. The van der Waals surface area contributed by atoms with Gasteiger partial charge in [0.05, 0.1) is 6.20 Å². The molecule has 1 N–H and O–H groups in total. The molecular formula is C20H22N4O. The molecule has 0 radical (unpaired) electrons. The van der Waals surface area contributed by atoms with Gasteiger partial charge in [-0.25, -0.2) is 4.98 Å². The molecule has 0 spiro atoms. The van der Waals surface area contributed by atoms with Crippen LogP contribution in [0.3, 0.4) is 0 Å². The molecule has 3 heterocycles. The molecule has 5 nitrogen and oxygen atoms in total. The van der Waals surface area contributed by atoms with Crippen LogP contribution in [0.4, 0.5) is 5.69 Å². The van der Waals surface area contributed by atoms with Crippen molar-refractivity contribution < 1.29 is 4.42 Å². The van der Waals surface area contributed by atoms with E-state index in [1.807, 2.05) is 18.5 Å². The number of benzene rings is 1. The maximum Gasteiger partial charge on any atom is 0.181 e. The van der Waals surface area contributed by atoms with E-state index in [9.17, 15) is 0 Å². The number of hydrogen-bond donors (Lipinski definition) is 1. The Hall–Kier alpha value is -2.66. The van der Waals surface area contributed by atoms with E-state index in [0.29, 0.717) is 6.04 Å². The summed E-state index contributed by atoms with van der Waals surface area (Å²) >= 11 is 0. The highest BCUT2D eigenvalue weighted by Crippen LogP contribution is 2.24. The van der Waals surface area contributed by atoms with Gasteiger partial charge < -0.3 is 9.73 Å². The average molecular weight is 334 g/mol. The zero-order chi connectivity index (χ0) is 16.9. The van der Waals surface area contributed by atoms with E-state index in [0.717, 1.165) is 49.5 Å². The standard InChI is InChI=1S/C20H22N4O/c1-2-17(20-13-22-15-25-20)12-19(3-1)23-18-6-10-24(11-7-18)14-16-4-8-21-9-5-16/h1-5,8-9,12-13,15,18,23H,6-7,10-11,14H2. The second kappa shape index (κ2) is 7.49. The Morgan fingerprint density at radius 1 is 1.08 bits per heavy atom. The fourth-order valence-corrected chi connectivity index (χ4v) is 3.34. The normalized spacial score (nSPS) is 16.0. The van der Waals surface area contributed by atoms with E-state index in [1.54, 1.807) is 6.20 Å². The number of oxazole rings is 1. The quantitative estimate of drug-likeness (QED) is 0.769. The molecule has 1 fully saturated rings. The van der Waals surface area contributed by atoms with Crippen molar-refractivity contribution in [3.63, 3.8) is 0 Å². The maximum absolute atomic E-state index is 5.39. The van der Waals surface area contributed by atoms with Gasteiger partial charge in [0.15, 0.2) is 12.2 Å². The van der Waals surface area contributed by atoms with Crippen LogP contribution < -0.4 is 5.32 Å². The molecule has 0 bridgehead atoms. The number of nitrogens with one attached hydrogen (secondary N) is 1. The van der Waals surface area contributed by atoms with Gasteiger partial charge in [0.25, 0.3) is 0 Å². The summed E-state index contributed by atoms with van der Waals surface area (Å²) in [6, 6.07) is 13.0. The van der Waals surface area contributed by atoms with Crippen LogP contribution in [0.15, 0.2) is 65.8 Å². The Kier molecular flexibility index (Phi) is 4.74. The Labute approximate surface area is 147 Å². The molecule has 0 amide bonds. The fourth-order valence-electron chi connectivity index (χ4n) is 3.34. The van der Waals surface area contributed by atoms with Crippen molar-refractivity contribution in [2.45, 2.75) is 25.4 Å². The lowest BCUT2D eigenvalue weighted by molar-refractivity contribution is 0.211. The molecule has 1 saturated heterocycles. The number of anilines is 1. The highest BCUT2D eigenvalue weighted by molar-refractivity contribution is 5.63. The molecule has 1 aliphatic rings. The van der Waals surface area contributed by atoms with Crippen molar-refractivity contribution >= 4 is 5.69 Å². The van der Waals surface area contributed by atoms with Gasteiger partial charge in [-0.1, -0.05) is 12.1 Å². The van der Waals surface area contributed by atoms with Crippen LogP contribution in [0.2, 0.25) is 0 Å². The number of nitrogens with zero attached hydrogens (tertiary/aromatic N) is 3. The average Bonchev–Trinajstić information content (AvgIpc) is 3.19. The summed E-state index contributed by atoms with van der Waals surface area (Å²) in [5.41, 5.74) is 3.53. The first-order chi connectivity index (χ1) is 12.4. The number of piperidine rings is 1. The van der Waals surface area contributed by atoms with Crippen LogP contribution in [0.5, 0.6) is 0 Å². The van der Waals surface area contributed by atoms with Gasteiger partial charge in [-0.2, -0.15) is 0 Å². The molecule has 0 aliphatic carbocycles. The predicted molar refractivity (Wildman–Crippen MR) is 98.1 cm³/mol. The molecule has 3 aromatic rings. The Morgan fingerprint density at radius 2 is 1.92 bits per heavy atom. The van der Waals surface area contributed by atoms with Crippen molar-refractivity contribution in [2.24, 2.45) is 0 Å². The van der Waals surface area contributed by atoms with Crippen LogP contribution in [-0.2, 0) is 6.54 Å². The summed E-state index contributed by atoms with van der Waals surface area (Å²) in [6.07, 6.45) is 9.25. The van der Waals surface area contributed by atoms with Gasteiger partial charge in [0.2, 0.25) is 0 Å². The van der Waals surface area contributed by atoms with Crippen LogP contribution in [-0.4, -0.2) is 34.0 Å². The Balaban J connectivity index is 1.32. The lowest BCUT2D eigenvalue weighted by Crippen LogP contribution is -2.38. The smallest absolute Gasteiger partial charge is 0.181 e. The van der Waals surface area contributed by atoms with Crippen LogP contribution in [0, 0.1) is 0 Å². The van der Waals surface area contributed by atoms with E-state index < -0.39 is 0 Å². The van der Waals surface area contributed by atoms with E-state index in [-0.39, 0.29) is 0 Å². The van der Waals surface area contributed by atoms with Gasteiger partial charge in [-0.15, -0.1) is 0 Å². The minimum atomic E-state index is 0.513. The first-order valence-corrected chi connectivity index (χ1v) is 8.73. The third-order valence-electron chi connectivity index (χ3n) is 4.69. The van der Waals surface area contributed by atoms with Gasteiger partial charge in [-0.3, -0.25) is 9.88 Å². The monoisotopic (exact) mass is 334 g/mol. The minimum absolute atomic E-state index is 0.513. The Morgan fingerprint density at radius 3 is 2.68 bits per heavy atom. The van der Waals surface area contributed by atoms with Crippen molar-refractivity contribution in [3.8, 4) is 11.3 Å².